The summed E-state index contributed by atoms with van der Waals surface area (Å²) in [7, 11) is 0. The number of anilines is 1. The molecule has 29 heavy (non-hydrogen) atoms. The molecule has 0 saturated heterocycles. The number of hydrogen-bond donors (Lipinski definition) is 2. The summed E-state index contributed by atoms with van der Waals surface area (Å²) in [6, 6.07) is 17.3. The Morgan fingerprint density at radius 3 is 2.79 bits per heavy atom. The molecule has 0 aliphatic carbocycles. The number of nitrogens with zero attached hydrogens (tertiary/aromatic N) is 4. The van der Waals surface area contributed by atoms with Crippen molar-refractivity contribution in [3.63, 3.8) is 0 Å². The second-order valence-electron chi connectivity index (χ2n) is 6.06. The lowest BCUT2D eigenvalue weighted by Crippen LogP contribution is -2.16. The highest BCUT2D eigenvalue weighted by Crippen LogP contribution is 2.19. The van der Waals surface area contributed by atoms with E-state index in [2.05, 4.69) is 25.5 Å². The zero-order valence-electron chi connectivity index (χ0n) is 14.9. The lowest BCUT2D eigenvalue weighted by atomic mass is 10.1. The van der Waals surface area contributed by atoms with Gasteiger partial charge in [-0.1, -0.05) is 36.4 Å². The largest absolute Gasteiger partial charge is 0.290 e. The van der Waals surface area contributed by atoms with E-state index in [0.717, 1.165) is 5.39 Å². The van der Waals surface area contributed by atoms with E-state index in [0.29, 0.717) is 11.1 Å². The number of aromatic nitrogens is 3. The Hall–Kier alpha value is -4.38. The van der Waals surface area contributed by atoms with E-state index in [9.17, 15) is 14.4 Å². The summed E-state index contributed by atoms with van der Waals surface area (Å²) in [6.45, 7) is 0. The predicted molar refractivity (Wildman–Crippen MR) is 108 cm³/mol. The van der Waals surface area contributed by atoms with Crippen molar-refractivity contribution in [2.75, 3.05) is 5.43 Å². The van der Waals surface area contributed by atoms with Crippen molar-refractivity contribution < 1.29 is 4.39 Å². The zero-order chi connectivity index (χ0) is 20.2. The Balaban J connectivity index is 1.65. The molecule has 140 valence electrons. The summed E-state index contributed by atoms with van der Waals surface area (Å²) in [5.41, 5.74) is 3.53. The van der Waals surface area contributed by atoms with Gasteiger partial charge < -0.3 is 0 Å². The van der Waals surface area contributed by atoms with Crippen LogP contribution in [0.4, 0.5) is 10.3 Å². The molecule has 4 aromatic rings. The second-order valence-corrected chi connectivity index (χ2v) is 6.06. The fraction of sp³-hybridized carbons (Fsp3) is 0. The minimum atomic E-state index is -0.595. The SMILES string of the molecule is N#Cc1c(-c2ccccc2)nc(NN=Cc2cc3cccnc3cc2F)[nH]c1=O. The first-order chi connectivity index (χ1) is 14.2. The third-order valence-corrected chi connectivity index (χ3v) is 4.17. The average Bonchev–Trinajstić information content (AvgIpc) is 2.74. The number of aromatic amines is 1. The van der Waals surface area contributed by atoms with E-state index in [4.69, 9.17) is 0 Å². The molecule has 0 amide bonds. The van der Waals surface area contributed by atoms with E-state index in [1.165, 1.54) is 12.3 Å². The molecule has 0 unspecified atom stereocenters. The number of rotatable bonds is 4. The summed E-state index contributed by atoms with van der Waals surface area (Å²) < 4.78 is 14.2. The molecule has 2 aromatic heterocycles. The average molecular weight is 384 g/mol. The Bertz CT molecular complexity index is 1320. The monoisotopic (exact) mass is 384 g/mol. The molecule has 2 N–H and O–H groups in total. The molecule has 8 heteroatoms. The molecule has 0 fully saturated rings. The Labute approximate surface area is 164 Å². The number of H-pyrrole nitrogens is 1. The Morgan fingerprint density at radius 1 is 1.17 bits per heavy atom. The fourth-order valence-electron chi connectivity index (χ4n) is 2.81. The molecule has 7 nitrogen and oxygen atoms in total. The van der Waals surface area contributed by atoms with Gasteiger partial charge in [-0.2, -0.15) is 10.4 Å². The first kappa shape index (κ1) is 18.0. The summed E-state index contributed by atoms with van der Waals surface area (Å²) >= 11 is 0. The molecule has 0 bridgehead atoms. The van der Waals surface area contributed by atoms with E-state index >= 15 is 0 Å². The topological polar surface area (TPSA) is 107 Å². The zero-order valence-corrected chi connectivity index (χ0v) is 14.9. The number of nitriles is 1. The van der Waals surface area contributed by atoms with Gasteiger partial charge in [-0.15, -0.1) is 0 Å². The molecule has 2 aromatic carbocycles. The van der Waals surface area contributed by atoms with Crippen molar-refractivity contribution in [1.29, 1.82) is 5.26 Å². The highest BCUT2D eigenvalue weighted by molar-refractivity contribution is 5.89. The van der Waals surface area contributed by atoms with Gasteiger partial charge in [0, 0.05) is 28.8 Å². The number of hydrazone groups is 1. The minimum absolute atomic E-state index is 0.0342. The maximum absolute atomic E-state index is 14.2. The van der Waals surface area contributed by atoms with Gasteiger partial charge in [-0.3, -0.25) is 14.8 Å². The summed E-state index contributed by atoms with van der Waals surface area (Å²) in [5, 5.41) is 14.0. The van der Waals surface area contributed by atoms with Gasteiger partial charge in [-0.25, -0.2) is 14.8 Å². The number of halogens is 1. The molecule has 0 aliphatic rings. The van der Waals surface area contributed by atoms with Crippen LogP contribution in [0.1, 0.15) is 11.1 Å². The minimum Gasteiger partial charge on any atom is -0.290 e. The van der Waals surface area contributed by atoms with Crippen molar-refractivity contribution in [2.45, 2.75) is 0 Å². The highest BCUT2D eigenvalue weighted by atomic mass is 19.1. The van der Waals surface area contributed by atoms with E-state index in [1.54, 1.807) is 42.6 Å². The van der Waals surface area contributed by atoms with Gasteiger partial charge in [0.1, 0.15) is 17.4 Å². The maximum Gasteiger partial charge on any atom is 0.270 e. The van der Waals surface area contributed by atoms with Crippen LogP contribution in [0.3, 0.4) is 0 Å². The Morgan fingerprint density at radius 2 is 2.00 bits per heavy atom. The molecule has 0 saturated carbocycles. The van der Waals surface area contributed by atoms with E-state index < -0.39 is 11.4 Å². The van der Waals surface area contributed by atoms with Gasteiger partial charge in [-0.05, 0) is 12.1 Å². The Kier molecular flexibility index (Phi) is 4.78. The first-order valence-corrected chi connectivity index (χ1v) is 8.59. The maximum atomic E-state index is 14.2. The molecule has 0 radical (unpaired) electrons. The lowest BCUT2D eigenvalue weighted by Gasteiger charge is -2.06. The van der Waals surface area contributed by atoms with Crippen LogP contribution in [0.15, 0.2) is 70.7 Å². The molecular weight excluding hydrogens is 371 g/mol. The van der Waals surface area contributed by atoms with Crippen molar-refractivity contribution in [3.05, 3.63) is 88.1 Å². The quantitative estimate of drug-likeness (QED) is 0.414. The number of nitrogens with one attached hydrogen (secondary N) is 2. The van der Waals surface area contributed by atoms with Gasteiger partial charge in [0.05, 0.1) is 17.4 Å². The smallest absolute Gasteiger partial charge is 0.270 e. The van der Waals surface area contributed by atoms with Crippen LogP contribution in [-0.4, -0.2) is 21.2 Å². The van der Waals surface area contributed by atoms with Crippen LogP contribution in [0, 0.1) is 17.1 Å². The van der Waals surface area contributed by atoms with Crippen LogP contribution in [0.2, 0.25) is 0 Å². The second kappa shape index (κ2) is 7.70. The van der Waals surface area contributed by atoms with Crippen LogP contribution >= 0.6 is 0 Å². The summed E-state index contributed by atoms with van der Waals surface area (Å²) in [4.78, 5) is 23.0. The number of benzene rings is 2. The summed E-state index contributed by atoms with van der Waals surface area (Å²) in [6.07, 6.45) is 2.87. The third-order valence-electron chi connectivity index (χ3n) is 4.17. The predicted octanol–water partition coefficient (Wildman–Crippen LogP) is 3.44. The molecule has 2 heterocycles. The number of hydrogen-bond acceptors (Lipinski definition) is 6. The van der Waals surface area contributed by atoms with Gasteiger partial charge in [0.2, 0.25) is 5.95 Å². The van der Waals surface area contributed by atoms with Crippen LogP contribution in [0.25, 0.3) is 22.2 Å². The van der Waals surface area contributed by atoms with Crippen LogP contribution < -0.4 is 11.0 Å². The van der Waals surface area contributed by atoms with Gasteiger partial charge >= 0.3 is 0 Å². The fourth-order valence-corrected chi connectivity index (χ4v) is 2.81. The normalized spacial score (nSPS) is 10.9. The van der Waals surface area contributed by atoms with Gasteiger partial charge in [0.25, 0.3) is 5.56 Å². The lowest BCUT2D eigenvalue weighted by molar-refractivity contribution is 0.627. The number of pyridine rings is 1. The highest BCUT2D eigenvalue weighted by Gasteiger charge is 2.13. The summed E-state index contributed by atoms with van der Waals surface area (Å²) in [5.74, 6) is -0.444. The molecule has 4 rings (SSSR count). The first-order valence-electron chi connectivity index (χ1n) is 8.59. The number of fused-ring (bicyclic) bond motifs is 1. The van der Waals surface area contributed by atoms with Crippen molar-refractivity contribution in [1.82, 2.24) is 15.0 Å². The molecule has 0 aliphatic heterocycles. The van der Waals surface area contributed by atoms with Crippen LogP contribution in [-0.2, 0) is 0 Å². The van der Waals surface area contributed by atoms with Crippen molar-refractivity contribution >= 4 is 23.1 Å². The third kappa shape index (κ3) is 3.70. The van der Waals surface area contributed by atoms with Crippen LogP contribution in [0.5, 0.6) is 0 Å². The van der Waals surface area contributed by atoms with Crippen molar-refractivity contribution in [2.24, 2.45) is 5.10 Å². The van der Waals surface area contributed by atoms with E-state index in [-0.39, 0.29) is 22.8 Å². The van der Waals surface area contributed by atoms with E-state index in [1.807, 2.05) is 18.2 Å². The van der Waals surface area contributed by atoms with Gasteiger partial charge in [0.15, 0.2) is 0 Å². The van der Waals surface area contributed by atoms with Crippen molar-refractivity contribution in [3.8, 4) is 17.3 Å². The molecule has 0 spiro atoms. The standard InChI is InChI=1S/C21H13FN6O/c22-17-10-18-14(7-4-8-24-18)9-15(17)12-25-28-21-26-19(13-5-2-1-3-6-13)16(11-23)20(29)27-21/h1-10,12H,(H2,26,27,28,29). The molecular formula is C21H13FN6O. The molecule has 0 atom stereocenters.